The summed E-state index contributed by atoms with van der Waals surface area (Å²) in [5.74, 6) is 0.810. The second kappa shape index (κ2) is 5.34. The molecule has 4 heteroatoms. The molecule has 0 aliphatic carbocycles. The van der Waals surface area contributed by atoms with Crippen LogP contribution in [0.5, 0.6) is 5.75 Å². The molecule has 0 amide bonds. The molecule has 1 aromatic carbocycles. The number of hydrogen-bond acceptors (Lipinski definition) is 3. The van der Waals surface area contributed by atoms with Crippen molar-refractivity contribution in [1.82, 2.24) is 0 Å². The van der Waals surface area contributed by atoms with Crippen molar-refractivity contribution in [3.8, 4) is 5.75 Å². The van der Waals surface area contributed by atoms with E-state index in [4.69, 9.17) is 16.3 Å². The molecule has 0 atom stereocenters. The summed E-state index contributed by atoms with van der Waals surface area (Å²) >= 11 is 7.25. The quantitative estimate of drug-likeness (QED) is 0.852. The van der Waals surface area contributed by atoms with Crippen molar-refractivity contribution in [2.24, 2.45) is 0 Å². The first-order valence-corrected chi connectivity index (χ1v) is 6.40. The number of benzene rings is 1. The van der Waals surface area contributed by atoms with Crippen LogP contribution in [0.4, 0.5) is 0 Å². The first kappa shape index (κ1) is 12.1. The third kappa shape index (κ3) is 2.87. The highest BCUT2D eigenvalue weighted by molar-refractivity contribution is 7.08. The monoisotopic (exact) mass is 266 g/mol. The normalized spacial score (nSPS) is 10.2. The molecule has 0 saturated heterocycles. The average Bonchev–Trinajstić information content (AvgIpc) is 2.36. The van der Waals surface area contributed by atoms with Gasteiger partial charge in [-0.1, -0.05) is 23.7 Å². The van der Waals surface area contributed by atoms with Gasteiger partial charge in [0.05, 0.1) is 12.1 Å². The van der Waals surface area contributed by atoms with Crippen LogP contribution in [-0.2, 0) is 6.42 Å². The SMILES string of the molecule is COc1ccc(Cc2cscc(Cl)c2=O)cc1. The number of hydrogen-bond donors (Lipinski definition) is 0. The van der Waals surface area contributed by atoms with E-state index in [-0.39, 0.29) is 5.43 Å². The maximum atomic E-state index is 11.7. The van der Waals surface area contributed by atoms with Gasteiger partial charge in [0, 0.05) is 17.4 Å². The highest BCUT2D eigenvalue weighted by Gasteiger charge is 2.04. The molecule has 0 bridgehead atoms. The number of rotatable bonds is 3. The minimum Gasteiger partial charge on any atom is -0.497 e. The molecular weight excluding hydrogens is 256 g/mol. The molecule has 2 rings (SSSR count). The Morgan fingerprint density at radius 2 is 1.94 bits per heavy atom. The third-order valence-corrected chi connectivity index (χ3v) is 3.65. The van der Waals surface area contributed by atoms with Crippen molar-refractivity contribution in [3.05, 3.63) is 61.4 Å². The van der Waals surface area contributed by atoms with E-state index in [2.05, 4.69) is 0 Å². The molecule has 1 heterocycles. The lowest BCUT2D eigenvalue weighted by Gasteiger charge is -2.03. The predicted octanol–water partition coefficient (Wildman–Crippen LogP) is 3.36. The van der Waals surface area contributed by atoms with Gasteiger partial charge in [0.1, 0.15) is 5.75 Å². The van der Waals surface area contributed by atoms with E-state index in [1.54, 1.807) is 12.5 Å². The van der Waals surface area contributed by atoms with Gasteiger partial charge in [0.15, 0.2) is 0 Å². The lowest BCUT2D eigenvalue weighted by atomic mass is 10.1. The van der Waals surface area contributed by atoms with E-state index in [0.717, 1.165) is 16.9 Å². The lowest BCUT2D eigenvalue weighted by Crippen LogP contribution is -2.07. The smallest absolute Gasteiger partial charge is 0.202 e. The Balaban J connectivity index is 2.25. The van der Waals surface area contributed by atoms with Gasteiger partial charge in [-0.25, -0.2) is 0 Å². The molecule has 88 valence electrons. The van der Waals surface area contributed by atoms with Crippen LogP contribution in [0.2, 0.25) is 5.02 Å². The number of halogens is 1. The first-order valence-electron chi connectivity index (χ1n) is 5.08. The summed E-state index contributed by atoms with van der Waals surface area (Å²) in [4.78, 5) is 11.7. The van der Waals surface area contributed by atoms with Gasteiger partial charge in [-0.3, -0.25) is 4.79 Å². The number of ether oxygens (including phenoxy) is 1. The third-order valence-electron chi connectivity index (χ3n) is 2.44. The van der Waals surface area contributed by atoms with E-state index in [9.17, 15) is 4.79 Å². The Hall–Kier alpha value is -1.32. The summed E-state index contributed by atoms with van der Waals surface area (Å²) in [6, 6.07) is 7.66. The number of methoxy groups -OCH3 is 1. The van der Waals surface area contributed by atoms with Crippen LogP contribution in [0.3, 0.4) is 0 Å². The molecule has 2 nitrogen and oxygen atoms in total. The van der Waals surface area contributed by atoms with Gasteiger partial charge in [0.25, 0.3) is 0 Å². The van der Waals surface area contributed by atoms with Crippen LogP contribution in [0.25, 0.3) is 0 Å². The molecule has 2 aromatic rings. The summed E-state index contributed by atoms with van der Waals surface area (Å²) in [5.41, 5.74) is 1.71. The molecule has 0 aliphatic rings. The van der Waals surface area contributed by atoms with Crippen molar-refractivity contribution in [3.63, 3.8) is 0 Å². The summed E-state index contributed by atoms with van der Waals surface area (Å²) in [6.07, 6.45) is 0.597. The Morgan fingerprint density at radius 3 is 2.59 bits per heavy atom. The van der Waals surface area contributed by atoms with Crippen LogP contribution in [0.1, 0.15) is 11.1 Å². The summed E-state index contributed by atoms with van der Waals surface area (Å²) in [6.45, 7) is 0. The largest absolute Gasteiger partial charge is 0.497 e. The Bertz CT molecular complexity index is 560. The summed E-state index contributed by atoms with van der Waals surface area (Å²) < 4.78 is 5.08. The first-order chi connectivity index (χ1) is 8.20. The minimum atomic E-state index is -0.0822. The van der Waals surface area contributed by atoms with Gasteiger partial charge in [-0.05, 0) is 23.1 Å². The topological polar surface area (TPSA) is 26.3 Å². The van der Waals surface area contributed by atoms with Crippen molar-refractivity contribution in [2.45, 2.75) is 6.42 Å². The lowest BCUT2D eigenvalue weighted by molar-refractivity contribution is 0.414. The molecule has 0 fully saturated rings. The fraction of sp³-hybridized carbons (Fsp3) is 0.154. The van der Waals surface area contributed by atoms with E-state index in [1.807, 2.05) is 29.6 Å². The molecule has 1 aromatic heterocycles. The zero-order valence-electron chi connectivity index (χ0n) is 9.27. The van der Waals surface area contributed by atoms with E-state index < -0.39 is 0 Å². The van der Waals surface area contributed by atoms with Crippen molar-refractivity contribution in [1.29, 1.82) is 0 Å². The van der Waals surface area contributed by atoms with Crippen molar-refractivity contribution in [2.75, 3.05) is 7.11 Å². The standard InChI is InChI=1S/C13H11ClO2S/c1-16-11-4-2-9(3-5-11)6-10-7-17-8-12(14)13(10)15/h2-5,7-8H,6H2,1H3. The fourth-order valence-electron chi connectivity index (χ4n) is 1.52. The van der Waals surface area contributed by atoms with Gasteiger partial charge >= 0.3 is 0 Å². The Morgan fingerprint density at radius 1 is 1.24 bits per heavy atom. The van der Waals surface area contributed by atoms with Gasteiger partial charge < -0.3 is 4.74 Å². The Labute approximate surface area is 108 Å². The molecule has 0 saturated carbocycles. The van der Waals surface area contributed by atoms with Gasteiger partial charge in [-0.2, -0.15) is 11.3 Å². The van der Waals surface area contributed by atoms with E-state index >= 15 is 0 Å². The average molecular weight is 267 g/mol. The molecule has 0 unspecified atom stereocenters. The van der Waals surface area contributed by atoms with Crippen LogP contribution in [0, 0.1) is 0 Å². The van der Waals surface area contributed by atoms with Crippen LogP contribution in [0.15, 0.2) is 39.8 Å². The summed E-state index contributed by atoms with van der Waals surface area (Å²) in [5, 5.41) is 3.79. The van der Waals surface area contributed by atoms with Crippen LogP contribution >= 0.6 is 22.9 Å². The molecule has 0 radical (unpaired) electrons. The van der Waals surface area contributed by atoms with Gasteiger partial charge in [-0.15, -0.1) is 0 Å². The highest BCUT2D eigenvalue weighted by atomic mass is 35.5. The van der Waals surface area contributed by atoms with Crippen molar-refractivity contribution < 1.29 is 4.74 Å². The Kier molecular flexibility index (Phi) is 3.82. The molecule has 0 N–H and O–H groups in total. The maximum absolute atomic E-state index is 11.7. The van der Waals surface area contributed by atoms with Crippen molar-refractivity contribution >= 4 is 22.9 Å². The van der Waals surface area contributed by atoms with Gasteiger partial charge in [0.2, 0.25) is 5.43 Å². The fourth-order valence-corrected chi connectivity index (χ4v) is 2.45. The molecular formula is C13H11ClO2S. The summed E-state index contributed by atoms with van der Waals surface area (Å²) in [7, 11) is 1.63. The molecule has 0 aliphatic heterocycles. The predicted molar refractivity (Wildman–Crippen MR) is 71.4 cm³/mol. The van der Waals surface area contributed by atoms with Crippen LogP contribution in [-0.4, -0.2) is 7.11 Å². The minimum absolute atomic E-state index is 0.0822. The molecule has 17 heavy (non-hydrogen) atoms. The maximum Gasteiger partial charge on any atom is 0.202 e. The zero-order valence-corrected chi connectivity index (χ0v) is 10.8. The van der Waals surface area contributed by atoms with Crippen LogP contribution < -0.4 is 10.2 Å². The second-order valence-electron chi connectivity index (χ2n) is 3.60. The molecule has 0 spiro atoms. The second-order valence-corrected chi connectivity index (χ2v) is 4.75. The highest BCUT2D eigenvalue weighted by Crippen LogP contribution is 2.15. The van der Waals surface area contributed by atoms with E-state index in [1.165, 1.54) is 11.3 Å². The zero-order chi connectivity index (χ0) is 12.3. The van der Waals surface area contributed by atoms with E-state index in [0.29, 0.717) is 11.4 Å².